The zero-order chi connectivity index (χ0) is 16.7. The van der Waals surface area contributed by atoms with Gasteiger partial charge in [-0.15, -0.1) is 11.8 Å². The number of nitrogens with zero attached hydrogens (tertiary/aromatic N) is 1. The molecule has 1 N–H and O–H groups in total. The number of thioether (sulfide) groups is 1. The van der Waals surface area contributed by atoms with Crippen LogP contribution >= 0.6 is 11.8 Å². The largest absolute Gasteiger partial charge is 0.354 e. The van der Waals surface area contributed by atoms with E-state index in [0.29, 0.717) is 18.2 Å². The predicted octanol–water partition coefficient (Wildman–Crippen LogP) is 3.19. The monoisotopic (exact) mass is 326 g/mol. The van der Waals surface area contributed by atoms with Crippen molar-refractivity contribution in [1.82, 2.24) is 10.2 Å². The maximum Gasteiger partial charge on any atom is 0.248 e. The first-order valence-electron chi connectivity index (χ1n) is 8.23. The summed E-state index contributed by atoms with van der Waals surface area (Å²) in [6, 6.07) is -0.339. The number of carbonyl (C=O) groups is 2. The fourth-order valence-electron chi connectivity index (χ4n) is 2.47. The lowest BCUT2D eigenvalue weighted by molar-refractivity contribution is -0.136. The van der Waals surface area contributed by atoms with E-state index >= 15 is 0 Å². The summed E-state index contributed by atoms with van der Waals surface area (Å²) in [7, 11) is 0. The smallest absolute Gasteiger partial charge is 0.248 e. The molecule has 2 amide bonds. The standard InChI is InChI=1S/C17H30N2O2S/c1-6-7-8-18-17(21)14-11-22-16(10-13(4)5)19(14)15(20)9-12(2)3/h9,13-14,16H,6-8,10-11H2,1-5H3,(H,18,21). The molecule has 1 saturated heterocycles. The van der Waals surface area contributed by atoms with Crippen LogP contribution in [0.5, 0.6) is 0 Å². The lowest BCUT2D eigenvalue weighted by Crippen LogP contribution is -2.49. The van der Waals surface area contributed by atoms with Crippen LogP contribution in [0, 0.1) is 5.92 Å². The predicted molar refractivity (Wildman–Crippen MR) is 93.7 cm³/mol. The van der Waals surface area contributed by atoms with Crippen molar-refractivity contribution in [3.05, 3.63) is 11.6 Å². The van der Waals surface area contributed by atoms with E-state index in [2.05, 4.69) is 26.1 Å². The van der Waals surface area contributed by atoms with Crippen molar-refractivity contribution in [3.8, 4) is 0 Å². The molecule has 1 fully saturated rings. The molecular formula is C17H30N2O2S. The maximum absolute atomic E-state index is 12.5. The van der Waals surface area contributed by atoms with Gasteiger partial charge in [-0.3, -0.25) is 9.59 Å². The average Bonchev–Trinajstić information content (AvgIpc) is 2.81. The molecule has 1 aliphatic rings. The molecular weight excluding hydrogens is 296 g/mol. The highest BCUT2D eigenvalue weighted by molar-refractivity contribution is 8.00. The van der Waals surface area contributed by atoms with E-state index in [1.54, 1.807) is 22.7 Å². The fourth-order valence-corrected chi connectivity index (χ4v) is 4.12. The van der Waals surface area contributed by atoms with E-state index in [9.17, 15) is 9.59 Å². The van der Waals surface area contributed by atoms with Gasteiger partial charge in [0, 0.05) is 18.4 Å². The van der Waals surface area contributed by atoms with Gasteiger partial charge in [0.05, 0.1) is 5.37 Å². The summed E-state index contributed by atoms with van der Waals surface area (Å²) in [6.07, 6.45) is 4.59. The van der Waals surface area contributed by atoms with Crippen LogP contribution in [0.1, 0.15) is 53.9 Å². The van der Waals surface area contributed by atoms with Crippen LogP contribution in [0.4, 0.5) is 0 Å². The van der Waals surface area contributed by atoms with Gasteiger partial charge in [0.1, 0.15) is 6.04 Å². The van der Waals surface area contributed by atoms with E-state index in [-0.39, 0.29) is 23.2 Å². The summed E-state index contributed by atoms with van der Waals surface area (Å²) in [6.45, 7) is 10.9. The highest BCUT2D eigenvalue weighted by Crippen LogP contribution is 2.33. The average molecular weight is 327 g/mol. The van der Waals surface area contributed by atoms with Gasteiger partial charge in [-0.1, -0.05) is 32.8 Å². The Hall–Kier alpha value is -0.970. The van der Waals surface area contributed by atoms with E-state index < -0.39 is 0 Å². The Labute approximate surface area is 139 Å². The van der Waals surface area contributed by atoms with Crippen LogP contribution in [-0.4, -0.2) is 40.4 Å². The van der Waals surface area contributed by atoms with E-state index in [1.807, 2.05) is 13.8 Å². The minimum atomic E-state index is -0.339. The molecule has 1 rings (SSSR count). The Morgan fingerprint density at radius 2 is 2.05 bits per heavy atom. The number of carbonyl (C=O) groups excluding carboxylic acids is 2. The molecule has 0 aromatic carbocycles. The zero-order valence-corrected chi connectivity index (χ0v) is 15.3. The van der Waals surface area contributed by atoms with Crippen molar-refractivity contribution in [1.29, 1.82) is 0 Å². The molecule has 0 radical (unpaired) electrons. The van der Waals surface area contributed by atoms with Gasteiger partial charge in [0.25, 0.3) is 0 Å². The number of hydrogen-bond donors (Lipinski definition) is 1. The molecule has 0 bridgehead atoms. The van der Waals surface area contributed by atoms with Crippen molar-refractivity contribution in [2.75, 3.05) is 12.3 Å². The molecule has 2 unspecified atom stereocenters. The molecule has 5 heteroatoms. The number of nitrogens with one attached hydrogen (secondary N) is 1. The van der Waals surface area contributed by atoms with Gasteiger partial charge < -0.3 is 10.2 Å². The van der Waals surface area contributed by atoms with Crippen molar-refractivity contribution in [3.63, 3.8) is 0 Å². The molecule has 126 valence electrons. The first-order valence-corrected chi connectivity index (χ1v) is 9.28. The minimum absolute atomic E-state index is 0.0114. The second-order valence-electron chi connectivity index (χ2n) is 6.55. The summed E-state index contributed by atoms with van der Waals surface area (Å²) >= 11 is 1.72. The normalized spacial score (nSPS) is 21.1. The quantitative estimate of drug-likeness (QED) is 0.577. The van der Waals surface area contributed by atoms with E-state index in [4.69, 9.17) is 0 Å². The second kappa shape index (κ2) is 9.23. The van der Waals surface area contributed by atoms with Crippen LogP contribution in [-0.2, 0) is 9.59 Å². The van der Waals surface area contributed by atoms with Gasteiger partial charge in [0.2, 0.25) is 11.8 Å². The Bertz CT molecular complexity index is 417. The lowest BCUT2D eigenvalue weighted by atomic mass is 10.1. The first kappa shape index (κ1) is 19.1. The minimum Gasteiger partial charge on any atom is -0.354 e. The second-order valence-corrected chi connectivity index (χ2v) is 7.76. The number of rotatable bonds is 7. The Morgan fingerprint density at radius 1 is 1.36 bits per heavy atom. The van der Waals surface area contributed by atoms with Crippen LogP contribution < -0.4 is 5.32 Å². The molecule has 0 aromatic rings. The van der Waals surface area contributed by atoms with Gasteiger partial charge >= 0.3 is 0 Å². The Kier molecular flexibility index (Phi) is 8.01. The first-order chi connectivity index (χ1) is 10.4. The molecule has 0 aliphatic carbocycles. The van der Waals surface area contributed by atoms with Crippen LogP contribution in [0.25, 0.3) is 0 Å². The third kappa shape index (κ3) is 5.67. The summed E-state index contributed by atoms with van der Waals surface area (Å²) in [4.78, 5) is 26.8. The lowest BCUT2D eigenvalue weighted by Gasteiger charge is -2.29. The highest BCUT2D eigenvalue weighted by atomic mass is 32.2. The van der Waals surface area contributed by atoms with Crippen LogP contribution in [0.15, 0.2) is 11.6 Å². The summed E-state index contributed by atoms with van der Waals surface area (Å²) in [5.41, 5.74) is 0.968. The number of hydrogen-bond acceptors (Lipinski definition) is 3. The number of allylic oxidation sites excluding steroid dienone is 1. The molecule has 1 aliphatic heterocycles. The van der Waals surface area contributed by atoms with Crippen LogP contribution in [0.2, 0.25) is 0 Å². The maximum atomic E-state index is 12.5. The van der Waals surface area contributed by atoms with Gasteiger partial charge in [-0.25, -0.2) is 0 Å². The van der Waals surface area contributed by atoms with E-state index in [1.165, 1.54) is 0 Å². The molecule has 2 atom stereocenters. The molecule has 0 saturated carbocycles. The fraction of sp³-hybridized carbons (Fsp3) is 0.765. The molecule has 1 heterocycles. The van der Waals surface area contributed by atoms with E-state index in [0.717, 1.165) is 24.8 Å². The van der Waals surface area contributed by atoms with Crippen molar-refractivity contribution in [2.24, 2.45) is 5.92 Å². The number of amides is 2. The van der Waals surface area contributed by atoms with Gasteiger partial charge in [-0.2, -0.15) is 0 Å². The summed E-state index contributed by atoms with van der Waals surface area (Å²) < 4.78 is 0. The van der Waals surface area contributed by atoms with Crippen molar-refractivity contribution in [2.45, 2.75) is 65.3 Å². The molecule has 0 aromatic heterocycles. The van der Waals surface area contributed by atoms with Crippen LogP contribution in [0.3, 0.4) is 0 Å². The summed E-state index contributed by atoms with van der Waals surface area (Å²) in [5, 5.41) is 3.07. The van der Waals surface area contributed by atoms with Crippen molar-refractivity contribution < 1.29 is 9.59 Å². The zero-order valence-electron chi connectivity index (χ0n) is 14.5. The molecule has 0 spiro atoms. The van der Waals surface area contributed by atoms with Gasteiger partial charge in [0.15, 0.2) is 0 Å². The van der Waals surface area contributed by atoms with Gasteiger partial charge in [-0.05, 0) is 32.6 Å². The molecule has 22 heavy (non-hydrogen) atoms. The summed E-state index contributed by atoms with van der Waals surface area (Å²) in [5.74, 6) is 1.15. The molecule has 4 nitrogen and oxygen atoms in total. The Morgan fingerprint density at radius 3 is 2.59 bits per heavy atom. The SMILES string of the molecule is CCCCNC(=O)C1CSC(CC(C)C)N1C(=O)C=C(C)C. The van der Waals surface area contributed by atoms with Crippen molar-refractivity contribution >= 4 is 23.6 Å². The number of unbranched alkanes of at least 4 members (excludes halogenated alkanes) is 1. The topological polar surface area (TPSA) is 49.4 Å². The highest BCUT2D eigenvalue weighted by Gasteiger charge is 2.40. The Balaban J connectivity index is 2.83. The third-order valence-electron chi connectivity index (χ3n) is 3.56. The third-order valence-corrected chi connectivity index (χ3v) is 4.88.